The molecule has 0 bridgehead atoms. The van der Waals surface area contributed by atoms with Crippen molar-refractivity contribution in [3.63, 3.8) is 0 Å². The number of pyridine rings is 2. The van der Waals surface area contributed by atoms with Gasteiger partial charge in [-0.15, -0.1) is 0 Å². The summed E-state index contributed by atoms with van der Waals surface area (Å²) in [7, 11) is 1.99. The predicted octanol–water partition coefficient (Wildman–Crippen LogP) is 4.32. The van der Waals surface area contributed by atoms with Crippen LogP contribution in [-0.2, 0) is 11.7 Å². The van der Waals surface area contributed by atoms with E-state index in [4.69, 9.17) is 0 Å². The molecule has 0 aromatic carbocycles. The minimum atomic E-state index is -4.65. The Hall–Kier alpha value is -3.02. The number of nitrogens with zero attached hydrogens (tertiary/aromatic N) is 3. The van der Waals surface area contributed by atoms with E-state index in [2.05, 4.69) is 20.5 Å². The Bertz CT molecular complexity index is 1220. The van der Waals surface area contributed by atoms with Gasteiger partial charge in [-0.2, -0.15) is 13.2 Å². The Morgan fingerprint density at radius 1 is 1.16 bits per heavy atom. The Labute approximate surface area is 211 Å². The zero-order valence-corrected chi connectivity index (χ0v) is 20.8. The molecule has 7 nitrogen and oxygen atoms in total. The van der Waals surface area contributed by atoms with E-state index in [1.807, 2.05) is 7.05 Å². The fourth-order valence-electron chi connectivity index (χ4n) is 4.69. The molecule has 2 aliphatic rings. The van der Waals surface area contributed by atoms with Gasteiger partial charge < -0.3 is 20.1 Å². The van der Waals surface area contributed by atoms with Crippen molar-refractivity contribution in [3.8, 4) is 0 Å². The van der Waals surface area contributed by atoms with Gasteiger partial charge in [0.25, 0.3) is 17.9 Å². The number of piperidine rings is 1. The summed E-state index contributed by atoms with van der Waals surface area (Å²) in [5.74, 6) is -0.690. The molecule has 1 amide bonds. The van der Waals surface area contributed by atoms with Gasteiger partial charge in [-0.1, -0.05) is 0 Å². The van der Waals surface area contributed by atoms with Gasteiger partial charge in [0, 0.05) is 24.0 Å². The zero-order valence-electron chi connectivity index (χ0n) is 20.8. The maximum atomic E-state index is 13.8. The number of alkyl halides is 5. The first-order chi connectivity index (χ1) is 17.3. The normalized spacial score (nSPS) is 19.1. The Balaban J connectivity index is 1.66. The molecule has 2 fully saturated rings. The largest absolute Gasteiger partial charge is 0.433 e. The van der Waals surface area contributed by atoms with Gasteiger partial charge in [0.2, 0.25) is 0 Å². The van der Waals surface area contributed by atoms with E-state index in [9.17, 15) is 31.5 Å². The standard InChI is InChI=1S/C25H30F5N5O2/c1-14-10-16(11-20(31-14)25(28,29)30)15(2)32-22(37)18-13-35(24(6-7-24)23(26)27)21(36)12-19(18)33-17-4-8-34(3)9-5-17/h10-13,15,17,23,33H,4-9H2,1-3H3,(H,32,37). The number of aromatic nitrogens is 2. The van der Waals surface area contributed by atoms with Gasteiger partial charge in [0.15, 0.2) is 0 Å². The second-order valence-corrected chi connectivity index (χ2v) is 10.1. The van der Waals surface area contributed by atoms with Gasteiger partial charge >= 0.3 is 6.18 Å². The number of carbonyl (C=O) groups excluding carboxylic acids is 1. The number of rotatable bonds is 7. The molecule has 2 N–H and O–H groups in total. The number of amides is 1. The van der Waals surface area contributed by atoms with Crippen molar-refractivity contribution < 1.29 is 26.7 Å². The third-order valence-corrected chi connectivity index (χ3v) is 7.14. The molecule has 1 saturated carbocycles. The highest BCUT2D eigenvalue weighted by Crippen LogP contribution is 2.48. The Morgan fingerprint density at radius 2 is 1.81 bits per heavy atom. The highest BCUT2D eigenvalue weighted by atomic mass is 19.4. The van der Waals surface area contributed by atoms with Crippen LogP contribution in [0, 0.1) is 6.92 Å². The summed E-state index contributed by atoms with van der Waals surface area (Å²) in [6, 6.07) is 2.59. The van der Waals surface area contributed by atoms with Crippen molar-refractivity contribution in [2.45, 2.75) is 69.8 Å². The van der Waals surface area contributed by atoms with Gasteiger partial charge in [-0.3, -0.25) is 9.59 Å². The highest BCUT2D eigenvalue weighted by Gasteiger charge is 2.53. The fourth-order valence-corrected chi connectivity index (χ4v) is 4.69. The second-order valence-electron chi connectivity index (χ2n) is 10.1. The predicted molar refractivity (Wildman–Crippen MR) is 128 cm³/mol. The van der Waals surface area contributed by atoms with Crippen molar-refractivity contribution in [1.82, 2.24) is 19.8 Å². The van der Waals surface area contributed by atoms with Crippen LogP contribution in [0.1, 0.15) is 66.0 Å². The van der Waals surface area contributed by atoms with E-state index in [0.29, 0.717) is 0 Å². The summed E-state index contributed by atoms with van der Waals surface area (Å²) >= 11 is 0. The maximum absolute atomic E-state index is 13.8. The second kappa shape index (κ2) is 10.0. The monoisotopic (exact) mass is 527 g/mol. The van der Waals surface area contributed by atoms with Gasteiger partial charge in [-0.25, -0.2) is 13.8 Å². The molecule has 202 valence electrons. The fraction of sp³-hybridized carbons (Fsp3) is 0.560. The first-order valence-corrected chi connectivity index (χ1v) is 12.2. The summed E-state index contributed by atoms with van der Waals surface area (Å²) in [6.45, 7) is 4.57. The van der Waals surface area contributed by atoms with Crippen LogP contribution in [0.3, 0.4) is 0 Å². The van der Waals surface area contributed by atoms with Crippen LogP contribution in [0.25, 0.3) is 0 Å². The minimum Gasteiger partial charge on any atom is -0.381 e. The molecule has 2 aromatic heterocycles. The number of likely N-dealkylation sites (tertiary alicyclic amines) is 1. The highest BCUT2D eigenvalue weighted by molar-refractivity contribution is 5.99. The van der Waals surface area contributed by atoms with Crippen molar-refractivity contribution in [1.29, 1.82) is 0 Å². The lowest BCUT2D eigenvalue weighted by atomic mass is 10.0. The van der Waals surface area contributed by atoms with E-state index in [1.165, 1.54) is 26.0 Å². The van der Waals surface area contributed by atoms with E-state index in [-0.39, 0.29) is 41.4 Å². The maximum Gasteiger partial charge on any atom is 0.433 e. The molecular formula is C25H30F5N5O2. The van der Waals surface area contributed by atoms with Crippen LogP contribution in [0.15, 0.2) is 29.2 Å². The molecule has 12 heteroatoms. The first-order valence-electron chi connectivity index (χ1n) is 12.2. The van der Waals surface area contributed by atoms with Crippen LogP contribution in [0.5, 0.6) is 0 Å². The first kappa shape index (κ1) is 27.0. The van der Waals surface area contributed by atoms with Crippen LogP contribution in [-0.4, -0.2) is 53.0 Å². The molecule has 2 aromatic rings. The van der Waals surface area contributed by atoms with Crippen molar-refractivity contribution in [2.24, 2.45) is 0 Å². The molecule has 37 heavy (non-hydrogen) atoms. The Morgan fingerprint density at radius 3 is 2.38 bits per heavy atom. The van der Waals surface area contributed by atoms with Gasteiger partial charge in [-0.05, 0) is 77.4 Å². The quantitative estimate of drug-likeness (QED) is 0.525. The molecule has 3 heterocycles. The van der Waals surface area contributed by atoms with E-state index < -0.39 is 41.3 Å². The molecule has 1 saturated heterocycles. The molecule has 4 rings (SSSR count). The average molecular weight is 528 g/mol. The molecule has 0 radical (unpaired) electrons. The number of aryl methyl sites for hydroxylation is 1. The summed E-state index contributed by atoms with van der Waals surface area (Å²) in [5, 5.41) is 5.89. The lowest BCUT2D eigenvalue weighted by Crippen LogP contribution is -2.40. The lowest BCUT2D eigenvalue weighted by Gasteiger charge is -2.31. The van der Waals surface area contributed by atoms with Crippen LogP contribution in [0.4, 0.5) is 27.6 Å². The van der Waals surface area contributed by atoms with Crippen molar-refractivity contribution in [2.75, 3.05) is 25.5 Å². The number of halogens is 5. The van der Waals surface area contributed by atoms with Gasteiger partial charge in [0.1, 0.15) is 11.2 Å². The van der Waals surface area contributed by atoms with Gasteiger partial charge in [0.05, 0.1) is 17.3 Å². The van der Waals surface area contributed by atoms with Crippen LogP contribution < -0.4 is 16.2 Å². The number of anilines is 1. The number of nitrogens with one attached hydrogen (secondary N) is 2. The third-order valence-electron chi connectivity index (χ3n) is 7.14. The summed E-state index contributed by atoms with van der Waals surface area (Å²) in [4.78, 5) is 31.9. The van der Waals surface area contributed by atoms with Crippen LogP contribution >= 0.6 is 0 Å². The summed E-state index contributed by atoms with van der Waals surface area (Å²) in [6.07, 6.45) is -4.55. The SMILES string of the molecule is Cc1cc(C(C)NC(=O)c2cn(C3(C(F)F)CC3)c(=O)cc2NC2CCN(C)CC2)cc(C(F)(F)F)n1. The summed E-state index contributed by atoms with van der Waals surface area (Å²) in [5.41, 5.74) is -2.83. The lowest BCUT2D eigenvalue weighted by molar-refractivity contribution is -0.141. The number of hydrogen-bond acceptors (Lipinski definition) is 5. The van der Waals surface area contributed by atoms with Crippen molar-refractivity contribution >= 4 is 11.6 Å². The average Bonchev–Trinajstić information content (AvgIpc) is 3.61. The van der Waals surface area contributed by atoms with Crippen molar-refractivity contribution in [3.05, 3.63) is 57.3 Å². The minimum absolute atomic E-state index is 0.0147. The van der Waals surface area contributed by atoms with E-state index in [0.717, 1.165) is 42.8 Å². The topological polar surface area (TPSA) is 79.3 Å². The molecule has 0 spiro atoms. The number of hydrogen-bond donors (Lipinski definition) is 2. The van der Waals surface area contributed by atoms with E-state index in [1.54, 1.807) is 0 Å². The molecule has 1 atom stereocenters. The van der Waals surface area contributed by atoms with Crippen LogP contribution in [0.2, 0.25) is 0 Å². The number of carbonyl (C=O) groups is 1. The zero-order chi connectivity index (χ0) is 27.1. The Kier molecular flexibility index (Phi) is 7.33. The molecule has 1 aliphatic heterocycles. The molecule has 1 aliphatic carbocycles. The molecule has 1 unspecified atom stereocenters. The summed E-state index contributed by atoms with van der Waals surface area (Å²) < 4.78 is 68.3. The molecular weight excluding hydrogens is 497 g/mol. The van der Waals surface area contributed by atoms with E-state index >= 15 is 0 Å². The third kappa shape index (κ3) is 5.78. The smallest absolute Gasteiger partial charge is 0.381 e.